The van der Waals surface area contributed by atoms with Gasteiger partial charge < -0.3 is 14.6 Å². The summed E-state index contributed by atoms with van der Waals surface area (Å²) < 4.78 is 10.5. The van der Waals surface area contributed by atoms with Crippen LogP contribution in [0.5, 0.6) is 17.2 Å². The molecule has 0 spiro atoms. The zero-order valence-electron chi connectivity index (χ0n) is 14.1. The zero-order chi connectivity index (χ0) is 18.8. The van der Waals surface area contributed by atoms with Crippen molar-refractivity contribution in [3.05, 3.63) is 53.6 Å². The average Bonchev–Trinajstić information content (AvgIpc) is 2.67. The van der Waals surface area contributed by atoms with Gasteiger partial charge in [-0.15, -0.1) is 11.6 Å². The smallest absolute Gasteiger partial charge is 0.273 e. The van der Waals surface area contributed by atoms with E-state index in [1.807, 2.05) is 0 Å². The first-order chi connectivity index (χ1) is 12.5. The summed E-state index contributed by atoms with van der Waals surface area (Å²) in [6.45, 7) is 0. The number of hydrogen-bond acceptors (Lipinski definition) is 5. The van der Waals surface area contributed by atoms with Crippen LogP contribution in [0.2, 0.25) is 0 Å². The van der Waals surface area contributed by atoms with Crippen molar-refractivity contribution in [2.24, 2.45) is 0 Å². The number of carbonyl (C=O) groups excluding carboxylic acids is 2. The molecule has 3 rings (SSSR count). The Hall–Kier alpha value is -2.93. The molecule has 7 nitrogen and oxygen atoms in total. The van der Waals surface area contributed by atoms with Crippen LogP contribution in [0.3, 0.4) is 0 Å². The van der Waals surface area contributed by atoms with Gasteiger partial charge in [-0.3, -0.25) is 15.0 Å². The molecule has 0 saturated carbocycles. The Morgan fingerprint density at radius 2 is 1.85 bits per heavy atom. The van der Waals surface area contributed by atoms with Gasteiger partial charge in [0.15, 0.2) is 11.5 Å². The van der Waals surface area contributed by atoms with E-state index in [2.05, 4.69) is 5.43 Å². The summed E-state index contributed by atoms with van der Waals surface area (Å²) in [4.78, 5) is 24.5. The number of phenols is 1. The third-order valence-corrected chi connectivity index (χ3v) is 4.57. The SMILES string of the molecule is COc1ccc([C@H]2[C@H](Cl)C(=O)N2NC(=O)c2ccccc2O)cc1OC. The third kappa shape index (κ3) is 3.01. The molecule has 26 heavy (non-hydrogen) atoms. The van der Waals surface area contributed by atoms with Gasteiger partial charge >= 0.3 is 0 Å². The van der Waals surface area contributed by atoms with E-state index < -0.39 is 23.2 Å². The second-order valence-corrected chi connectivity index (χ2v) is 6.10. The number of nitrogens with one attached hydrogen (secondary N) is 1. The maximum atomic E-state index is 12.4. The van der Waals surface area contributed by atoms with E-state index in [0.29, 0.717) is 17.1 Å². The summed E-state index contributed by atoms with van der Waals surface area (Å²) >= 11 is 6.16. The van der Waals surface area contributed by atoms with Gasteiger partial charge in [-0.05, 0) is 29.8 Å². The molecule has 1 aliphatic heterocycles. The monoisotopic (exact) mass is 376 g/mol. The van der Waals surface area contributed by atoms with Crippen molar-refractivity contribution in [1.82, 2.24) is 10.4 Å². The molecule has 0 aliphatic carbocycles. The van der Waals surface area contributed by atoms with Gasteiger partial charge in [0.25, 0.3) is 11.8 Å². The van der Waals surface area contributed by atoms with Crippen LogP contribution in [0.4, 0.5) is 0 Å². The van der Waals surface area contributed by atoms with Crippen molar-refractivity contribution < 1.29 is 24.2 Å². The number of alkyl halides is 1. The predicted molar refractivity (Wildman–Crippen MR) is 94.3 cm³/mol. The number of para-hydroxylation sites is 1. The minimum absolute atomic E-state index is 0.0596. The van der Waals surface area contributed by atoms with Crippen LogP contribution in [-0.2, 0) is 4.79 Å². The molecule has 1 aliphatic rings. The third-order valence-electron chi connectivity index (χ3n) is 4.15. The number of hydrazine groups is 1. The van der Waals surface area contributed by atoms with Gasteiger partial charge in [0.1, 0.15) is 17.2 Å². The van der Waals surface area contributed by atoms with Crippen LogP contribution >= 0.6 is 11.6 Å². The van der Waals surface area contributed by atoms with Crippen molar-refractivity contribution in [2.75, 3.05) is 14.2 Å². The summed E-state index contributed by atoms with van der Waals surface area (Å²) in [6.07, 6.45) is 0. The number of methoxy groups -OCH3 is 2. The number of hydrogen-bond donors (Lipinski definition) is 2. The number of β-lactam (4-membered cyclic amide) rings is 1. The fourth-order valence-electron chi connectivity index (χ4n) is 2.77. The first kappa shape index (κ1) is 17.9. The Kier molecular flexibility index (Phi) is 4.90. The number of halogens is 1. The lowest BCUT2D eigenvalue weighted by atomic mass is 9.95. The molecule has 2 N–H and O–H groups in total. The molecule has 1 heterocycles. The van der Waals surface area contributed by atoms with E-state index in [9.17, 15) is 14.7 Å². The fraction of sp³-hybridized carbons (Fsp3) is 0.222. The highest BCUT2D eigenvalue weighted by Gasteiger charge is 2.48. The lowest BCUT2D eigenvalue weighted by Crippen LogP contribution is -2.63. The number of benzene rings is 2. The van der Waals surface area contributed by atoms with Crippen LogP contribution in [0.15, 0.2) is 42.5 Å². The standard InChI is InChI=1S/C18H17ClN2O5/c1-25-13-8-7-10(9-14(13)26-2)16-15(19)18(24)21(16)20-17(23)11-5-3-4-6-12(11)22/h3-9,15-16,22H,1-2H3,(H,20,23)/t15-,16-/m0/s1. The van der Waals surface area contributed by atoms with Gasteiger partial charge in [-0.1, -0.05) is 18.2 Å². The van der Waals surface area contributed by atoms with E-state index in [1.165, 1.54) is 26.4 Å². The molecule has 2 atom stereocenters. The molecular formula is C18H17ClN2O5. The summed E-state index contributed by atoms with van der Waals surface area (Å²) in [6, 6.07) is 10.6. The highest BCUT2D eigenvalue weighted by atomic mass is 35.5. The molecule has 0 unspecified atom stereocenters. The molecule has 0 radical (unpaired) electrons. The molecular weight excluding hydrogens is 360 g/mol. The molecule has 2 amide bonds. The van der Waals surface area contributed by atoms with Crippen molar-refractivity contribution in [1.29, 1.82) is 0 Å². The Labute approximate surface area is 155 Å². The number of phenolic OH excluding ortho intramolecular Hbond substituents is 1. The molecule has 1 saturated heterocycles. The van der Waals surface area contributed by atoms with Crippen molar-refractivity contribution >= 4 is 23.4 Å². The van der Waals surface area contributed by atoms with E-state index >= 15 is 0 Å². The minimum atomic E-state index is -0.822. The summed E-state index contributed by atoms with van der Waals surface area (Å²) in [5, 5.41) is 10.1. The molecule has 2 aromatic rings. The van der Waals surface area contributed by atoms with Crippen molar-refractivity contribution in [3.8, 4) is 17.2 Å². The molecule has 8 heteroatoms. The second-order valence-electron chi connectivity index (χ2n) is 5.63. The van der Waals surface area contributed by atoms with Crippen LogP contribution in [0.1, 0.15) is 22.0 Å². The van der Waals surface area contributed by atoms with Crippen LogP contribution in [0, 0.1) is 0 Å². The Morgan fingerprint density at radius 1 is 1.15 bits per heavy atom. The number of carbonyl (C=O) groups is 2. The normalized spacial score (nSPS) is 18.9. The highest BCUT2D eigenvalue weighted by molar-refractivity contribution is 6.33. The quantitative estimate of drug-likeness (QED) is 0.617. The fourth-order valence-corrected chi connectivity index (χ4v) is 3.13. The number of aromatic hydroxyl groups is 1. The lowest BCUT2D eigenvalue weighted by molar-refractivity contribution is -0.149. The van der Waals surface area contributed by atoms with Gasteiger partial charge in [0.05, 0.1) is 19.8 Å². The Balaban J connectivity index is 1.85. The van der Waals surface area contributed by atoms with Crippen LogP contribution in [0.25, 0.3) is 0 Å². The topological polar surface area (TPSA) is 88.1 Å². The van der Waals surface area contributed by atoms with E-state index in [0.717, 1.165) is 5.01 Å². The van der Waals surface area contributed by atoms with Crippen molar-refractivity contribution in [3.63, 3.8) is 0 Å². The summed E-state index contributed by atoms with van der Waals surface area (Å²) in [5.74, 6) is -0.193. The first-order valence-electron chi connectivity index (χ1n) is 7.76. The molecule has 136 valence electrons. The van der Waals surface area contributed by atoms with E-state index in [1.54, 1.807) is 30.3 Å². The predicted octanol–water partition coefficient (Wildman–Crippen LogP) is 2.25. The first-order valence-corrected chi connectivity index (χ1v) is 8.19. The maximum absolute atomic E-state index is 12.4. The van der Waals surface area contributed by atoms with Gasteiger partial charge in [0.2, 0.25) is 0 Å². The molecule has 0 aromatic heterocycles. The van der Waals surface area contributed by atoms with Gasteiger partial charge in [-0.2, -0.15) is 0 Å². The number of nitrogens with zero attached hydrogens (tertiary/aromatic N) is 1. The lowest BCUT2D eigenvalue weighted by Gasteiger charge is -2.44. The Bertz CT molecular complexity index is 857. The van der Waals surface area contributed by atoms with E-state index in [4.69, 9.17) is 21.1 Å². The van der Waals surface area contributed by atoms with Crippen molar-refractivity contribution in [2.45, 2.75) is 11.4 Å². The van der Waals surface area contributed by atoms with Crippen LogP contribution in [-0.4, -0.2) is 41.5 Å². The second kappa shape index (κ2) is 7.13. The minimum Gasteiger partial charge on any atom is -0.507 e. The average molecular weight is 377 g/mol. The summed E-state index contributed by atoms with van der Waals surface area (Å²) in [7, 11) is 3.02. The molecule has 1 fully saturated rings. The zero-order valence-corrected chi connectivity index (χ0v) is 14.9. The highest BCUT2D eigenvalue weighted by Crippen LogP contribution is 2.40. The largest absolute Gasteiger partial charge is 0.507 e. The van der Waals surface area contributed by atoms with Crippen LogP contribution < -0.4 is 14.9 Å². The maximum Gasteiger partial charge on any atom is 0.273 e. The van der Waals surface area contributed by atoms with Gasteiger partial charge in [-0.25, -0.2) is 5.01 Å². The number of amides is 2. The number of ether oxygens (including phenoxy) is 2. The molecule has 0 bridgehead atoms. The molecule has 2 aromatic carbocycles. The Morgan fingerprint density at radius 3 is 2.50 bits per heavy atom. The summed E-state index contributed by atoms with van der Waals surface area (Å²) in [5.41, 5.74) is 3.24. The van der Waals surface area contributed by atoms with Gasteiger partial charge in [0, 0.05) is 0 Å². The van der Waals surface area contributed by atoms with E-state index in [-0.39, 0.29) is 11.3 Å². The number of rotatable bonds is 5.